The Kier molecular flexibility index (Phi) is 9.97. The lowest BCUT2D eigenvalue weighted by molar-refractivity contribution is -0.140. The molecule has 67 heavy (non-hydrogen) atoms. The second kappa shape index (κ2) is 16.1. The molecule has 0 aliphatic heterocycles. The summed E-state index contributed by atoms with van der Waals surface area (Å²) in [6, 6.07) is 19.7. The summed E-state index contributed by atoms with van der Waals surface area (Å²) in [7, 11) is 1.56. The van der Waals surface area contributed by atoms with Crippen LogP contribution in [0.1, 0.15) is 61.3 Å². The molecule has 12 rings (SSSR count). The Morgan fingerprint density at radius 1 is 0.806 bits per heavy atom. The van der Waals surface area contributed by atoms with Crippen LogP contribution < -0.4 is 4.74 Å². The molecule has 11 aromatic rings. The van der Waals surface area contributed by atoms with E-state index in [0.29, 0.717) is 46.8 Å². The Hall–Kier alpha value is -8.15. The molecule has 18 heteroatoms. The van der Waals surface area contributed by atoms with E-state index in [0.717, 1.165) is 90.7 Å². The van der Waals surface area contributed by atoms with E-state index in [2.05, 4.69) is 45.0 Å². The highest BCUT2D eigenvalue weighted by Crippen LogP contribution is 2.45. The van der Waals surface area contributed by atoms with E-state index in [-0.39, 0.29) is 17.7 Å². The van der Waals surface area contributed by atoms with Crippen LogP contribution in [0.5, 0.6) is 5.88 Å². The van der Waals surface area contributed by atoms with Crippen LogP contribution in [0, 0.1) is 12.7 Å². The molecule has 14 nitrogen and oxygen atoms in total. The van der Waals surface area contributed by atoms with Gasteiger partial charge in [0.25, 0.3) is 0 Å². The lowest BCUT2D eigenvalue weighted by atomic mass is 10.1. The zero-order valence-electron chi connectivity index (χ0n) is 36.4. The van der Waals surface area contributed by atoms with Crippen molar-refractivity contribution in [3.8, 4) is 40.0 Å². The topological polar surface area (TPSA) is 167 Å². The molecule has 8 heterocycles. The predicted octanol–water partition coefficient (Wildman–Crippen LogP) is 10.9. The largest absolute Gasteiger partial charge is 0.480 e. The van der Waals surface area contributed by atoms with E-state index < -0.39 is 11.9 Å². The average molecular weight is 902 g/mol. The first-order valence-electron chi connectivity index (χ1n) is 21.6. The van der Waals surface area contributed by atoms with Crippen LogP contribution in [0.25, 0.3) is 88.9 Å². The molecule has 1 saturated carbocycles. The van der Waals surface area contributed by atoms with Gasteiger partial charge >= 0.3 is 6.18 Å². The lowest BCUT2D eigenvalue weighted by Crippen LogP contribution is -2.05. The van der Waals surface area contributed by atoms with Gasteiger partial charge in [-0.25, -0.2) is 39.0 Å². The minimum Gasteiger partial charge on any atom is -0.480 e. The summed E-state index contributed by atoms with van der Waals surface area (Å²) in [6.45, 7) is 6.02. The third-order valence-corrected chi connectivity index (χ3v) is 12.0. The molecule has 3 aromatic carbocycles. The summed E-state index contributed by atoms with van der Waals surface area (Å²) < 4.78 is 62.6. The summed E-state index contributed by atoms with van der Waals surface area (Å²) >= 11 is 0. The van der Waals surface area contributed by atoms with E-state index in [4.69, 9.17) is 14.7 Å². The van der Waals surface area contributed by atoms with Crippen molar-refractivity contribution < 1.29 is 22.3 Å². The monoisotopic (exact) mass is 901 g/mol. The first-order valence-corrected chi connectivity index (χ1v) is 21.6. The minimum absolute atomic E-state index is 0.179. The van der Waals surface area contributed by atoms with Crippen molar-refractivity contribution in [1.82, 2.24) is 64.2 Å². The lowest BCUT2D eigenvalue weighted by Gasteiger charge is -2.12. The van der Waals surface area contributed by atoms with E-state index in [1.165, 1.54) is 17.0 Å². The Bertz CT molecular complexity index is 3610. The Morgan fingerprint density at radius 2 is 1.57 bits per heavy atom. The normalized spacial score (nSPS) is 13.1. The quantitative estimate of drug-likeness (QED) is 0.111. The van der Waals surface area contributed by atoms with Crippen molar-refractivity contribution >= 4 is 54.8 Å². The molecule has 2 N–H and O–H groups in total. The summed E-state index contributed by atoms with van der Waals surface area (Å²) in [4.78, 5) is 42.8. The van der Waals surface area contributed by atoms with Gasteiger partial charge in [0, 0.05) is 75.2 Å². The number of hydrogen-bond acceptors (Lipinski definition) is 10. The molecule has 0 saturated heterocycles. The third kappa shape index (κ3) is 7.43. The zero-order chi connectivity index (χ0) is 46.1. The number of aryl methyl sites for hydroxylation is 1. The third-order valence-electron chi connectivity index (χ3n) is 12.0. The molecule has 1 fully saturated rings. The van der Waals surface area contributed by atoms with Gasteiger partial charge in [-0.3, -0.25) is 9.97 Å². The van der Waals surface area contributed by atoms with Crippen LogP contribution in [0.4, 0.5) is 17.6 Å². The molecule has 1 aliphatic carbocycles. The number of rotatable bonds is 8. The van der Waals surface area contributed by atoms with Gasteiger partial charge in [0.2, 0.25) is 5.88 Å². The van der Waals surface area contributed by atoms with E-state index in [9.17, 15) is 17.6 Å². The molecule has 8 aromatic heterocycles. The van der Waals surface area contributed by atoms with Gasteiger partial charge in [-0.1, -0.05) is 24.3 Å². The molecular formula is C49H39F4N13O. The smallest absolute Gasteiger partial charge is 0.434 e. The number of hydrogen-bond donors (Lipinski definition) is 2. The van der Waals surface area contributed by atoms with E-state index in [1.807, 2.05) is 57.2 Å². The van der Waals surface area contributed by atoms with Crippen molar-refractivity contribution in [3.05, 3.63) is 133 Å². The summed E-state index contributed by atoms with van der Waals surface area (Å²) in [5, 5.41) is 7.98. The molecule has 1 aliphatic rings. The van der Waals surface area contributed by atoms with Crippen LogP contribution in [0.15, 0.2) is 104 Å². The van der Waals surface area contributed by atoms with E-state index >= 15 is 0 Å². The number of aromatic nitrogens is 13. The summed E-state index contributed by atoms with van der Waals surface area (Å²) in [5.74, 6) is 1.95. The van der Waals surface area contributed by atoms with Gasteiger partial charge in [-0.2, -0.15) is 18.3 Å². The van der Waals surface area contributed by atoms with Crippen LogP contribution >= 0.6 is 0 Å². The highest BCUT2D eigenvalue weighted by atomic mass is 19.4. The second-order valence-corrected chi connectivity index (χ2v) is 16.8. The number of methoxy groups -OCH3 is 1. The number of aromatic amines is 2. The fourth-order valence-corrected chi connectivity index (χ4v) is 8.65. The molecule has 0 bridgehead atoms. The molecular weight excluding hydrogens is 863 g/mol. The van der Waals surface area contributed by atoms with Gasteiger partial charge in [-0.15, -0.1) is 0 Å². The number of fused-ring (bicyclic) bond motifs is 8. The van der Waals surface area contributed by atoms with Crippen molar-refractivity contribution in [2.24, 2.45) is 0 Å². The SMILES string of the molecule is COc1ncnc(C2CC2)c1-c1ncc2cnn(Cc3ccc(-c4nc(C(F)(F)F)cn4C(C)C)cc3)c2n1.Cc1[nH]c2ccc(F)cc2c1-c1nc2c3cccnc3c3ncccc3c2[nH]1. The maximum Gasteiger partial charge on any atom is 0.434 e. The van der Waals surface area contributed by atoms with Crippen LogP contribution in [-0.2, 0) is 12.7 Å². The van der Waals surface area contributed by atoms with Crippen LogP contribution in [0.2, 0.25) is 0 Å². The standard InChI is InChI=1S/C27H25F3N8O.C22H14FN5/c1-15(2)37-13-20(27(28,29)30)35-24(37)18-6-4-16(5-7-18)12-38-25-19(11-34-38)10-31-23(36-25)21-22(17-8-9-17)32-14-33-26(21)39-3;1-11-17(15-10-12(23)6-7-16(15)26-11)22-27-20-13-4-2-8-24-18(13)19-14(21(20)28-22)5-3-9-25-19/h4-7,10-11,13-15,17H,8-9,12H2,1-3H3;2-10,26H,1H3,(H,27,28). The highest BCUT2D eigenvalue weighted by Gasteiger charge is 2.35. The molecule has 0 spiro atoms. The van der Waals surface area contributed by atoms with Crippen molar-refractivity contribution in [2.75, 3.05) is 7.11 Å². The minimum atomic E-state index is -4.51. The van der Waals surface area contributed by atoms with Gasteiger partial charge < -0.3 is 19.3 Å². The van der Waals surface area contributed by atoms with Gasteiger partial charge in [-0.05, 0) is 81.6 Å². The molecule has 0 amide bonds. The summed E-state index contributed by atoms with van der Waals surface area (Å²) in [5.41, 5.74) is 8.92. The fourth-order valence-electron chi connectivity index (χ4n) is 8.65. The van der Waals surface area contributed by atoms with Crippen molar-refractivity contribution in [2.45, 2.75) is 58.3 Å². The predicted molar refractivity (Wildman–Crippen MR) is 246 cm³/mol. The number of nitrogens with zero attached hydrogens (tertiary/aromatic N) is 11. The number of benzene rings is 3. The second-order valence-electron chi connectivity index (χ2n) is 16.8. The fraction of sp³-hybridized carbons (Fsp3) is 0.204. The number of halogens is 4. The number of ether oxygens (including phenoxy) is 1. The zero-order valence-corrected chi connectivity index (χ0v) is 36.4. The van der Waals surface area contributed by atoms with Gasteiger partial charge in [0.1, 0.15) is 29.4 Å². The Labute approximate surface area is 378 Å². The molecule has 0 unspecified atom stereocenters. The van der Waals surface area contributed by atoms with Crippen molar-refractivity contribution in [3.63, 3.8) is 0 Å². The summed E-state index contributed by atoms with van der Waals surface area (Å²) in [6.07, 6.45) is 7.11. The van der Waals surface area contributed by atoms with Gasteiger partial charge in [0.05, 0.1) is 53.0 Å². The Morgan fingerprint density at radius 3 is 2.30 bits per heavy atom. The number of imidazole rings is 2. The first-order chi connectivity index (χ1) is 32.4. The number of pyridine rings is 2. The maximum atomic E-state index is 13.9. The maximum absolute atomic E-state index is 13.9. The molecule has 0 radical (unpaired) electrons. The Balaban J connectivity index is 0.000000155. The van der Waals surface area contributed by atoms with Crippen LogP contribution in [0.3, 0.4) is 0 Å². The first kappa shape index (κ1) is 41.5. The van der Waals surface area contributed by atoms with Gasteiger partial charge in [0.15, 0.2) is 17.2 Å². The highest BCUT2D eigenvalue weighted by molar-refractivity contribution is 6.21. The number of alkyl halides is 3. The van der Waals surface area contributed by atoms with E-state index in [1.54, 1.807) is 60.8 Å². The number of nitrogens with one attached hydrogen (secondary N) is 2. The van der Waals surface area contributed by atoms with Crippen LogP contribution in [-0.4, -0.2) is 71.3 Å². The molecule has 334 valence electrons. The average Bonchev–Trinajstić information content (AvgIpc) is 3.60. The van der Waals surface area contributed by atoms with Crippen molar-refractivity contribution in [1.29, 1.82) is 0 Å². The molecule has 0 atom stereocenters. The number of H-pyrrole nitrogens is 2.